The SMILES string of the molecule is O=C(Cc1cccs1)N1CCCN(C(=O)C23CC4CC(CC(C4)C2)C3)CC1. The van der Waals surface area contributed by atoms with Crippen LogP contribution in [0.3, 0.4) is 0 Å². The number of amides is 2. The van der Waals surface area contributed by atoms with Crippen molar-refractivity contribution in [2.45, 2.75) is 51.4 Å². The molecule has 5 aliphatic rings. The fraction of sp³-hybridized carbons (Fsp3) is 0.727. The third-order valence-corrected chi connectivity index (χ3v) is 8.41. The van der Waals surface area contributed by atoms with Gasteiger partial charge in [0.05, 0.1) is 11.8 Å². The van der Waals surface area contributed by atoms with E-state index < -0.39 is 0 Å². The van der Waals surface area contributed by atoms with Crippen LogP contribution in [0.15, 0.2) is 17.5 Å². The lowest BCUT2D eigenvalue weighted by Gasteiger charge is -2.56. The molecule has 6 rings (SSSR count). The highest BCUT2D eigenvalue weighted by Crippen LogP contribution is 2.60. The second kappa shape index (κ2) is 6.91. The molecule has 5 heteroatoms. The lowest BCUT2D eigenvalue weighted by molar-refractivity contribution is -0.157. The smallest absolute Gasteiger partial charge is 0.228 e. The topological polar surface area (TPSA) is 40.6 Å². The first-order chi connectivity index (χ1) is 13.1. The van der Waals surface area contributed by atoms with Crippen molar-refractivity contribution < 1.29 is 9.59 Å². The van der Waals surface area contributed by atoms with E-state index in [9.17, 15) is 9.59 Å². The monoisotopic (exact) mass is 386 g/mol. The van der Waals surface area contributed by atoms with Gasteiger partial charge >= 0.3 is 0 Å². The van der Waals surface area contributed by atoms with E-state index in [2.05, 4.69) is 4.90 Å². The normalized spacial score (nSPS) is 35.3. The van der Waals surface area contributed by atoms with E-state index in [1.807, 2.05) is 22.4 Å². The summed E-state index contributed by atoms with van der Waals surface area (Å²) in [6, 6.07) is 4.03. The number of hydrogen-bond donors (Lipinski definition) is 0. The third kappa shape index (κ3) is 3.32. The van der Waals surface area contributed by atoms with Crippen molar-refractivity contribution in [3.63, 3.8) is 0 Å². The first-order valence-electron chi connectivity index (χ1n) is 10.7. The summed E-state index contributed by atoms with van der Waals surface area (Å²) in [6.07, 6.45) is 8.93. The molecule has 5 fully saturated rings. The van der Waals surface area contributed by atoms with Gasteiger partial charge in [0, 0.05) is 31.1 Å². The van der Waals surface area contributed by atoms with Crippen LogP contribution in [-0.4, -0.2) is 47.8 Å². The summed E-state index contributed by atoms with van der Waals surface area (Å²) >= 11 is 1.65. The van der Waals surface area contributed by atoms with Crippen LogP contribution in [0.25, 0.3) is 0 Å². The Balaban J connectivity index is 1.23. The highest BCUT2D eigenvalue weighted by molar-refractivity contribution is 7.10. The summed E-state index contributed by atoms with van der Waals surface area (Å²) in [4.78, 5) is 31.4. The molecule has 2 amide bonds. The van der Waals surface area contributed by atoms with Crippen molar-refractivity contribution in [3.05, 3.63) is 22.4 Å². The first kappa shape index (κ1) is 17.7. The standard InChI is InChI=1S/C22H30N2O2S/c25-20(12-19-3-1-8-27-19)23-4-2-5-24(7-6-23)21(26)22-13-16-9-17(14-22)11-18(10-16)15-22/h1,3,8,16-18H,2,4-7,9-15H2. The van der Waals surface area contributed by atoms with E-state index >= 15 is 0 Å². The molecule has 0 radical (unpaired) electrons. The van der Waals surface area contributed by atoms with Crippen LogP contribution in [0.1, 0.15) is 49.8 Å². The summed E-state index contributed by atoms with van der Waals surface area (Å²) in [6.45, 7) is 3.03. The molecule has 4 nitrogen and oxygen atoms in total. The zero-order valence-corrected chi connectivity index (χ0v) is 16.9. The molecular weight excluding hydrogens is 356 g/mol. The van der Waals surface area contributed by atoms with Crippen molar-refractivity contribution >= 4 is 23.2 Å². The van der Waals surface area contributed by atoms with Gasteiger partial charge in [-0.2, -0.15) is 0 Å². The van der Waals surface area contributed by atoms with E-state index in [1.165, 1.54) is 19.3 Å². The van der Waals surface area contributed by atoms with E-state index in [4.69, 9.17) is 0 Å². The molecule has 0 aromatic carbocycles. The molecule has 1 aliphatic heterocycles. The fourth-order valence-corrected chi connectivity index (χ4v) is 7.45. The van der Waals surface area contributed by atoms with E-state index in [0.717, 1.165) is 67.9 Å². The number of carbonyl (C=O) groups excluding carboxylic acids is 2. The molecule has 0 spiro atoms. The highest BCUT2D eigenvalue weighted by Gasteiger charge is 2.55. The molecule has 4 aliphatic carbocycles. The molecule has 4 saturated carbocycles. The maximum Gasteiger partial charge on any atom is 0.228 e. The van der Waals surface area contributed by atoms with Crippen LogP contribution in [0.2, 0.25) is 0 Å². The van der Waals surface area contributed by atoms with Gasteiger partial charge in [-0.25, -0.2) is 0 Å². The molecule has 1 aromatic heterocycles. The number of hydrogen-bond acceptors (Lipinski definition) is 3. The minimum absolute atomic E-state index is 0.0507. The lowest BCUT2D eigenvalue weighted by atomic mass is 9.49. The fourth-order valence-electron chi connectivity index (χ4n) is 6.75. The minimum Gasteiger partial charge on any atom is -0.341 e. The molecule has 0 N–H and O–H groups in total. The molecule has 0 atom stereocenters. The summed E-state index contributed by atoms with van der Waals surface area (Å²) in [7, 11) is 0. The summed E-state index contributed by atoms with van der Waals surface area (Å²) in [5.74, 6) is 3.04. The zero-order valence-electron chi connectivity index (χ0n) is 16.1. The Morgan fingerprint density at radius 2 is 1.59 bits per heavy atom. The molecule has 1 saturated heterocycles. The second-order valence-corrected chi connectivity index (χ2v) is 10.5. The average Bonchev–Trinajstić information content (AvgIpc) is 3.01. The van der Waals surface area contributed by atoms with Gasteiger partial charge in [-0.15, -0.1) is 11.3 Å². The third-order valence-electron chi connectivity index (χ3n) is 7.53. The quantitative estimate of drug-likeness (QED) is 0.797. The zero-order chi connectivity index (χ0) is 18.4. The van der Waals surface area contributed by atoms with Crippen molar-refractivity contribution in [2.75, 3.05) is 26.2 Å². The predicted octanol–water partition coefficient (Wildman–Crippen LogP) is 3.57. The van der Waals surface area contributed by atoms with Gasteiger partial charge in [0.2, 0.25) is 11.8 Å². The van der Waals surface area contributed by atoms with Crippen LogP contribution in [0.4, 0.5) is 0 Å². The Morgan fingerprint density at radius 3 is 2.22 bits per heavy atom. The predicted molar refractivity (Wildman–Crippen MR) is 106 cm³/mol. The molecule has 146 valence electrons. The molecule has 27 heavy (non-hydrogen) atoms. The van der Waals surface area contributed by atoms with E-state index in [1.54, 1.807) is 11.3 Å². The lowest BCUT2D eigenvalue weighted by Crippen LogP contribution is -2.55. The van der Waals surface area contributed by atoms with Gasteiger partial charge in [-0.3, -0.25) is 9.59 Å². The largest absolute Gasteiger partial charge is 0.341 e. The number of thiophene rings is 1. The maximum atomic E-state index is 13.6. The first-order valence-corrected chi connectivity index (χ1v) is 11.6. The van der Waals surface area contributed by atoms with Crippen LogP contribution < -0.4 is 0 Å². The second-order valence-electron chi connectivity index (χ2n) is 9.48. The number of rotatable bonds is 3. The van der Waals surface area contributed by atoms with Gasteiger partial charge in [0.1, 0.15) is 0 Å². The summed E-state index contributed by atoms with van der Waals surface area (Å²) < 4.78 is 0. The van der Waals surface area contributed by atoms with Gasteiger partial charge in [0.25, 0.3) is 0 Å². The average molecular weight is 387 g/mol. The Hall–Kier alpha value is -1.36. The Bertz CT molecular complexity index is 679. The van der Waals surface area contributed by atoms with Crippen LogP contribution >= 0.6 is 11.3 Å². The van der Waals surface area contributed by atoms with Gasteiger partial charge in [-0.05, 0) is 74.1 Å². The molecular formula is C22H30N2O2S. The maximum absolute atomic E-state index is 13.6. The van der Waals surface area contributed by atoms with Gasteiger partial charge in [0.15, 0.2) is 0 Å². The number of carbonyl (C=O) groups is 2. The minimum atomic E-state index is -0.0507. The Morgan fingerprint density at radius 1 is 0.963 bits per heavy atom. The van der Waals surface area contributed by atoms with Crippen molar-refractivity contribution in [3.8, 4) is 0 Å². The van der Waals surface area contributed by atoms with Crippen molar-refractivity contribution in [1.82, 2.24) is 9.80 Å². The van der Waals surface area contributed by atoms with Gasteiger partial charge in [-0.1, -0.05) is 6.07 Å². The van der Waals surface area contributed by atoms with Crippen LogP contribution in [0.5, 0.6) is 0 Å². The molecule has 2 heterocycles. The molecule has 0 unspecified atom stereocenters. The van der Waals surface area contributed by atoms with Crippen molar-refractivity contribution in [1.29, 1.82) is 0 Å². The molecule has 4 bridgehead atoms. The van der Waals surface area contributed by atoms with E-state index in [-0.39, 0.29) is 11.3 Å². The van der Waals surface area contributed by atoms with Crippen LogP contribution in [0, 0.1) is 23.2 Å². The highest BCUT2D eigenvalue weighted by atomic mass is 32.1. The van der Waals surface area contributed by atoms with Gasteiger partial charge < -0.3 is 9.80 Å². The summed E-state index contributed by atoms with van der Waals surface area (Å²) in [5.41, 5.74) is -0.0507. The van der Waals surface area contributed by atoms with Crippen LogP contribution in [-0.2, 0) is 16.0 Å². The number of nitrogens with zero attached hydrogens (tertiary/aromatic N) is 2. The van der Waals surface area contributed by atoms with E-state index in [0.29, 0.717) is 18.9 Å². The molecule has 1 aromatic rings. The Labute approximate surface area is 165 Å². The Kier molecular flexibility index (Phi) is 4.53. The summed E-state index contributed by atoms with van der Waals surface area (Å²) in [5, 5.41) is 2.02. The van der Waals surface area contributed by atoms with Crippen molar-refractivity contribution in [2.24, 2.45) is 23.2 Å².